The molecule has 1 unspecified atom stereocenters. The van der Waals surface area contributed by atoms with Gasteiger partial charge in [-0.25, -0.2) is 13.6 Å². The number of nitrogens with two attached hydrogens (primary N) is 1. The van der Waals surface area contributed by atoms with Crippen LogP contribution in [0.5, 0.6) is 0 Å². The van der Waals surface area contributed by atoms with Gasteiger partial charge < -0.3 is 5.32 Å². The van der Waals surface area contributed by atoms with Crippen LogP contribution >= 0.6 is 0 Å². The van der Waals surface area contributed by atoms with Crippen molar-refractivity contribution in [1.82, 2.24) is 0 Å². The lowest BCUT2D eigenvalue weighted by molar-refractivity contribution is -0.117. The number of anilines is 1. The Bertz CT molecular complexity index is 725. The lowest BCUT2D eigenvalue weighted by Gasteiger charge is -2.12. The number of amides is 1. The molecule has 0 heterocycles. The first kappa shape index (κ1) is 15.2. The fourth-order valence-corrected chi connectivity index (χ4v) is 2.39. The molecule has 2 aromatic rings. The van der Waals surface area contributed by atoms with Gasteiger partial charge in [-0.15, -0.1) is 0 Å². The molecule has 3 N–H and O–H groups in total. The number of hydrogen-bond donors (Lipinski definition) is 2. The second-order valence-electron chi connectivity index (χ2n) is 4.69. The van der Waals surface area contributed by atoms with E-state index in [2.05, 4.69) is 5.32 Å². The van der Waals surface area contributed by atoms with Crippen molar-refractivity contribution >= 4 is 21.6 Å². The van der Waals surface area contributed by atoms with Gasteiger partial charge in [-0.2, -0.15) is 0 Å². The number of primary sulfonamides is 1. The Balaban J connectivity index is 2.10. The molecule has 2 rings (SSSR count). The fourth-order valence-electron chi connectivity index (χ4n) is 1.87. The Morgan fingerprint density at radius 3 is 2.14 bits per heavy atom. The quantitative estimate of drug-likeness (QED) is 0.906. The molecule has 0 saturated carbocycles. The number of carbonyl (C=O) groups excluding carboxylic acids is 1. The molecule has 21 heavy (non-hydrogen) atoms. The van der Waals surface area contributed by atoms with E-state index in [-0.39, 0.29) is 16.7 Å². The molecule has 0 fully saturated rings. The van der Waals surface area contributed by atoms with Gasteiger partial charge in [0.1, 0.15) is 0 Å². The number of carbonyl (C=O) groups is 1. The van der Waals surface area contributed by atoms with Crippen molar-refractivity contribution in [1.29, 1.82) is 0 Å². The van der Waals surface area contributed by atoms with Crippen molar-refractivity contribution < 1.29 is 13.2 Å². The van der Waals surface area contributed by atoms with Crippen LogP contribution in [0.1, 0.15) is 18.4 Å². The van der Waals surface area contributed by atoms with E-state index >= 15 is 0 Å². The maximum atomic E-state index is 12.1. The molecule has 1 atom stereocenters. The lowest BCUT2D eigenvalue weighted by atomic mass is 10.0. The van der Waals surface area contributed by atoms with Gasteiger partial charge in [0, 0.05) is 5.69 Å². The largest absolute Gasteiger partial charge is 0.326 e. The molecule has 5 nitrogen and oxygen atoms in total. The van der Waals surface area contributed by atoms with E-state index in [1.54, 1.807) is 0 Å². The molecule has 0 saturated heterocycles. The normalized spacial score (nSPS) is 12.7. The second kappa shape index (κ2) is 6.07. The highest BCUT2D eigenvalue weighted by Crippen LogP contribution is 2.18. The van der Waals surface area contributed by atoms with Gasteiger partial charge in [0.2, 0.25) is 15.9 Å². The van der Waals surface area contributed by atoms with E-state index in [9.17, 15) is 13.2 Å². The van der Waals surface area contributed by atoms with Gasteiger partial charge in [-0.05, 0) is 36.8 Å². The Hall–Kier alpha value is -2.18. The molecule has 0 aromatic heterocycles. The first-order chi connectivity index (χ1) is 9.88. The van der Waals surface area contributed by atoms with Crippen LogP contribution in [0, 0.1) is 0 Å². The Morgan fingerprint density at radius 1 is 1.05 bits per heavy atom. The molecule has 2 aromatic carbocycles. The van der Waals surface area contributed by atoms with E-state index in [1.165, 1.54) is 24.3 Å². The molecular weight excluding hydrogens is 288 g/mol. The summed E-state index contributed by atoms with van der Waals surface area (Å²) in [6, 6.07) is 15.1. The van der Waals surface area contributed by atoms with Crippen molar-refractivity contribution in [2.45, 2.75) is 17.7 Å². The number of rotatable bonds is 4. The molecule has 0 spiro atoms. The summed E-state index contributed by atoms with van der Waals surface area (Å²) in [6.07, 6.45) is 0. The van der Waals surface area contributed by atoms with Crippen molar-refractivity contribution in [3.8, 4) is 0 Å². The van der Waals surface area contributed by atoms with Gasteiger partial charge in [0.05, 0.1) is 10.8 Å². The zero-order valence-corrected chi connectivity index (χ0v) is 12.3. The van der Waals surface area contributed by atoms with Gasteiger partial charge in [-0.3, -0.25) is 4.79 Å². The minimum atomic E-state index is -3.72. The average molecular weight is 304 g/mol. The van der Waals surface area contributed by atoms with E-state index in [0.717, 1.165) is 5.56 Å². The molecule has 1 amide bonds. The Kier molecular flexibility index (Phi) is 4.40. The molecule has 0 aliphatic carbocycles. The maximum absolute atomic E-state index is 12.1. The highest BCUT2D eigenvalue weighted by molar-refractivity contribution is 7.89. The molecule has 0 bridgehead atoms. The predicted octanol–water partition coefficient (Wildman–Crippen LogP) is 2.08. The molecular formula is C15H16N2O3S. The predicted molar refractivity (Wildman–Crippen MR) is 81.3 cm³/mol. The Morgan fingerprint density at radius 2 is 1.62 bits per heavy atom. The summed E-state index contributed by atoms with van der Waals surface area (Å²) in [7, 11) is -3.72. The highest BCUT2D eigenvalue weighted by atomic mass is 32.2. The van der Waals surface area contributed by atoms with E-state index in [1.807, 2.05) is 37.3 Å². The number of benzene rings is 2. The third-order valence-electron chi connectivity index (χ3n) is 3.14. The lowest BCUT2D eigenvalue weighted by Crippen LogP contribution is -2.19. The fraction of sp³-hybridized carbons (Fsp3) is 0.133. The second-order valence-corrected chi connectivity index (χ2v) is 6.25. The van der Waals surface area contributed by atoms with Gasteiger partial charge in [0.15, 0.2) is 0 Å². The Labute approximate surface area is 123 Å². The van der Waals surface area contributed by atoms with Crippen molar-refractivity contribution in [3.63, 3.8) is 0 Å². The maximum Gasteiger partial charge on any atom is 0.238 e. The third kappa shape index (κ3) is 3.90. The summed E-state index contributed by atoms with van der Waals surface area (Å²) < 4.78 is 22.3. The zero-order chi connectivity index (χ0) is 15.5. The zero-order valence-electron chi connectivity index (χ0n) is 11.5. The number of hydrogen-bond acceptors (Lipinski definition) is 3. The summed E-state index contributed by atoms with van der Waals surface area (Å²) in [5.41, 5.74) is 1.44. The summed E-state index contributed by atoms with van der Waals surface area (Å²) in [5.74, 6) is -0.464. The minimum absolute atomic E-state index is 0.0107. The van der Waals surface area contributed by atoms with Gasteiger partial charge in [-0.1, -0.05) is 30.3 Å². The smallest absolute Gasteiger partial charge is 0.238 e. The molecule has 0 radical (unpaired) electrons. The van der Waals surface area contributed by atoms with E-state index in [0.29, 0.717) is 5.69 Å². The standard InChI is InChI=1S/C15H16N2O3S/c1-11(12-5-3-2-4-6-12)15(18)17-13-7-9-14(10-8-13)21(16,19)20/h2-11H,1H3,(H,17,18)(H2,16,19,20). The van der Waals surface area contributed by atoms with Crippen LogP contribution in [0.3, 0.4) is 0 Å². The van der Waals surface area contributed by atoms with Crippen LogP contribution in [-0.4, -0.2) is 14.3 Å². The number of nitrogens with one attached hydrogen (secondary N) is 1. The highest BCUT2D eigenvalue weighted by Gasteiger charge is 2.15. The van der Waals surface area contributed by atoms with Crippen LogP contribution in [0.2, 0.25) is 0 Å². The minimum Gasteiger partial charge on any atom is -0.326 e. The van der Waals surface area contributed by atoms with Crippen molar-refractivity contribution in [2.24, 2.45) is 5.14 Å². The first-order valence-corrected chi connectivity index (χ1v) is 7.91. The third-order valence-corrected chi connectivity index (χ3v) is 4.07. The van der Waals surface area contributed by atoms with Crippen LogP contribution in [0.15, 0.2) is 59.5 Å². The van der Waals surface area contributed by atoms with E-state index in [4.69, 9.17) is 5.14 Å². The van der Waals surface area contributed by atoms with Crippen LogP contribution in [0.4, 0.5) is 5.69 Å². The number of sulfonamides is 1. The van der Waals surface area contributed by atoms with Crippen LogP contribution in [-0.2, 0) is 14.8 Å². The summed E-state index contributed by atoms with van der Waals surface area (Å²) in [6.45, 7) is 1.81. The van der Waals surface area contributed by atoms with Crippen LogP contribution < -0.4 is 10.5 Å². The van der Waals surface area contributed by atoms with Gasteiger partial charge >= 0.3 is 0 Å². The van der Waals surface area contributed by atoms with Gasteiger partial charge in [0.25, 0.3) is 0 Å². The van der Waals surface area contributed by atoms with Crippen molar-refractivity contribution in [3.05, 3.63) is 60.2 Å². The SMILES string of the molecule is CC(C(=O)Nc1ccc(S(N)(=O)=O)cc1)c1ccccc1. The summed E-state index contributed by atoms with van der Waals surface area (Å²) >= 11 is 0. The van der Waals surface area contributed by atoms with Crippen molar-refractivity contribution in [2.75, 3.05) is 5.32 Å². The molecule has 0 aliphatic heterocycles. The topological polar surface area (TPSA) is 89.3 Å². The molecule has 6 heteroatoms. The monoisotopic (exact) mass is 304 g/mol. The van der Waals surface area contributed by atoms with Crippen LogP contribution in [0.25, 0.3) is 0 Å². The first-order valence-electron chi connectivity index (χ1n) is 6.36. The van der Waals surface area contributed by atoms with E-state index < -0.39 is 10.0 Å². The molecule has 110 valence electrons. The summed E-state index contributed by atoms with van der Waals surface area (Å²) in [5, 5.41) is 7.76. The molecule has 0 aliphatic rings. The summed E-state index contributed by atoms with van der Waals surface area (Å²) in [4.78, 5) is 12.2. The average Bonchev–Trinajstić information content (AvgIpc) is 2.47.